The Morgan fingerprint density at radius 1 is 0.750 bits per heavy atom. The van der Waals surface area contributed by atoms with Gasteiger partial charge in [-0.25, -0.2) is 0 Å². The van der Waals surface area contributed by atoms with Crippen LogP contribution in [0, 0.1) is 0 Å². The van der Waals surface area contributed by atoms with Crippen molar-refractivity contribution in [3.8, 4) is 11.1 Å². The van der Waals surface area contributed by atoms with Gasteiger partial charge in [-0.15, -0.1) is 11.8 Å². The average molecular weight is 346 g/mol. The third-order valence-corrected chi connectivity index (χ3v) is 6.19. The Bertz CT molecular complexity index is 843. The van der Waals surface area contributed by atoms with Crippen molar-refractivity contribution >= 4 is 46.6 Å². The molecule has 0 amide bonds. The standard InChI is InChI=1S/C21H19BS2/c1-23-14-15-8-7-13-20(24-2)21(15)22-18-11-5-3-9-16(18)17-10-4-6-12-19(17)22/h3-13H,14H2,1-2H3. The van der Waals surface area contributed by atoms with Gasteiger partial charge in [0.25, 0.3) is 0 Å². The van der Waals surface area contributed by atoms with Crippen LogP contribution in [-0.4, -0.2) is 19.2 Å². The van der Waals surface area contributed by atoms with E-state index in [1.807, 2.05) is 23.5 Å². The summed E-state index contributed by atoms with van der Waals surface area (Å²) < 4.78 is 0. The van der Waals surface area contributed by atoms with Crippen molar-refractivity contribution < 1.29 is 0 Å². The van der Waals surface area contributed by atoms with Crippen LogP contribution >= 0.6 is 23.5 Å². The zero-order chi connectivity index (χ0) is 16.5. The number of fused-ring (bicyclic) bond motifs is 3. The summed E-state index contributed by atoms with van der Waals surface area (Å²) in [4.78, 5) is 1.40. The summed E-state index contributed by atoms with van der Waals surface area (Å²) in [7, 11) is 0. The van der Waals surface area contributed by atoms with Gasteiger partial charge >= 0.3 is 0 Å². The van der Waals surface area contributed by atoms with Crippen molar-refractivity contribution in [2.24, 2.45) is 0 Å². The van der Waals surface area contributed by atoms with Gasteiger partial charge in [-0.3, -0.25) is 0 Å². The van der Waals surface area contributed by atoms with Gasteiger partial charge in [0.1, 0.15) is 0 Å². The molecule has 24 heavy (non-hydrogen) atoms. The molecule has 0 bridgehead atoms. The second-order valence-electron chi connectivity index (χ2n) is 6.07. The molecule has 0 unspecified atom stereocenters. The maximum absolute atomic E-state index is 2.31. The highest BCUT2D eigenvalue weighted by Gasteiger charge is 2.35. The van der Waals surface area contributed by atoms with Crippen LogP contribution in [0.25, 0.3) is 11.1 Å². The van der Waals surface area contributed by atoms with E-state index in [1.54, 1.807) is 0 Å². The molecule has 0 saturated carbocycles. The third-order valence-electron chi connectivity index (χ3n) is 4.80. The molecular weight excluding hydrogens is 327 g/mol. The van der Waals surface area contributed by atoms with E-state index in [2.05, 4.69) is 79.2 Å². The van der Waals surface area contributed by atoms with Crippen LogP contribution in [0.5, 0.6) is 0 Å². The van der Waals surface area contributed by atoms with E-state index < -0.39 is 0 Å². The summed E-state index contributed by atoms with van der Waals surface area (Å²) in [6.45, 7) is 0.350. The predicted molar refractivity (Wildman–Crippen MR) is 112 cm³/mol. The fourth-order valence-corrected chi connectivity index (χ4v) is 5.09. The molecule has 0 fully saturated rings. The first kappa shape index (κ1) is 15.9. The number of rotatable bonds is 4. The second kappa shape index (κ2) is 6.74. The van der Waals surface area contributed by atoms with E-state index in [9.17, 15) is 0 Å². The fourth-order valence-electron chi connectivity index (χ4n) is 3.84. The normalized spacial score (nSPS) is 12.2. The maximum atomic E-state index is 2.31. The minimum absolute atomic E-state index is 0.350. The summed E-state index contributed by atoms with van der Waals surface area (Å²) in [5, 5.41) is 0. The molecule has 0 saturated heterocycles. The topological polar surface area (TPSA) is 0 Å². The van der Waals surface area contributed by atoms with Crippen molar-refractivity contribution in [2.75, 3.05) is 12.5 Å². The molecule has 0 nitrogen and oxygen atoms in total. The van der Waals surface area contributed by atoms with Crippen LogP contribution in [0.15, 0.2) is 71.6 Å². The predicted octanol–water partition coefficient (Wildman–Crippen LogP) is 3.77. The van der Waals surface area contributed by atoms with Crippen molar-refractivity contribution in [2.45, 2.75) is 10.6 Å². The Morgan fingerprint density at radius 2 is 1.38 bits per heavy atom. The first-order valence-corrected chi connectivity index (χ1v) is 10.8. The van der Waals surface area contributed by atoms with Crippen LogP contribution in [0.1, 0.15) is 5.56 Å². The van der Waals surface area contributed by atoms with Gasteiger partial charge < -0.3 is 0 Å². The molecule has 0 spiro atoms. The zero-order valence-electron chi connectivity index (χ0n) is 14.0. The maximum Gasteiger partial charge on any atom is 0.244 e. The van der Waals surface area contributed by atoms with Gasteiger partial charge in [-0.05, 0) is 35.3 Å². The third kappa shape index (κ3) is 2.51. The molecule has 0 aliphatic carbocycles. The van der Waals surface area contributed by atoms with Crippen LogP contribution in [0.3, 0.4) is 0 Å². The summed E-state index contributed by atoms with van der Waals surface area (Å²) in [6, 6.07) is 24.6. The average Bonchev–Trinajstić information content (AvgIpc) is 2.96. The van der Waals surface area contributed by atoms with Gasteiger partial charge in [-0.1, -0.05) is 77.1 Å². The Labute approximate surface area is 153 Å². The molecule has 1 aliphatic rings. The largest absolute Gasteiger partial charge is 0.244 e. The zero-order valence-corrected chi connectivity index (χ0v) is 15.6. The van der Waals surface area contributed by atoms with Crippen molar-refractivity contribution in [1.29, 1.82) is 0 Å². The van der Waals surface area contributed by atoms with Gasteiger partial charge in [-0.2, -0.15) is 11.8 Å². The molecule has 1 heterocycles. The second-order valence-corrected chi connectivity index (χ2v) is 7.79. The molecule has 0 atom stereocenters. The highest BCUT2D eigenvalue weighted by molar-refractivity contribution is 7.99. The van der Waals surface area contributed by atoms with E-state index in [0.717, 1.165) is 5.75 Å². The fraction of sp³-hybridized carbons (Fsp3) is 0.143. The first-order valence-electron chi connectivity index (χ1n) is 8.18. The van der Waals surface area contributed by atoms with E-state index in [1.165, 1.54) is 38.0 Å². The van der Waals surface area contributed by atoms with E-state index in [0.29, 0.717) is 6.71 Å². The van der Waals surface area contributed by atoms with Gasteiger partial charge in [0, 0.05) is 10.6 Å². The summed E-state index contributed by atoms with van der Waals surface area (Å²) in [5.41, 5.74) is 8.64. The van der Waals surface area contributed by atoms with Crippen LogP contribution in [-0.2, 0) is 5.75 Å². The van der Waals surface area contributed by atoms with Crippen LogP contribution in [0.2, 0.25) is 0 Å². The Morgan fingerprint density at radius 3 is 1.96 bits per heavy atom. The van der Waals surface area contributed by atoms with Gasteiger partial charge in [0.15, 0.2) is 0 Å². The smallest absolute Gasteiger partial charge is 0.161 e. The quantitative estimate of drug-likeness (QED) is 0.408. The minimum atomic E-state index is 0.350. The molecule has 4 rings (SSSR count). The van der Waals surface area contributed by atoms with Crippen molar-refractivity contribution in [3.05, 3.63) is 72.3 Å². The highest BCUT2D eigenvalue weighted by Crippen LogP contribution is 2.26. The van der Waals surface area contributed by atoms with Crippen molar-refractivity contribution in [3.63, 3.8) is 0 Å². The number of hydrogen-bond donors (Lipinski definition) is 0. The molecule has 0 aromatic heterocycles. The monoisotopic (exact) mass is 346 g/mol. The molecular formula is C21H19BS2. The molecule has 3 aromatic carbocycles. The minimum Gasteiger partial charge on any atom is -0.161 e. The number of hydrogen-bond acceptors (Lipinski definition) is 2. The lowest BCUT2D eigenvalue weighted by Crippen LogP contribution is -2.51. The van der Waals surface area contributed by atoms with E-state index in [-0.39, 0.29) is 0 Å². The van der Waals surface area contributed by atoms with Crippen molar-refractivity contribution in [1.82, 2.24) is 0 Å². The highest BCUT2D eigenvalue weighted by atomic mass is 32.2. The number of thioether (sulfide) groups is 2. The Balaban J connectivity index is 2.01. The summed E-state index contributed by atoms with van der Waals surface area (Å²) in [5.74, 6) is 1.06. The molecule has 3 heteroatoms. The van der Waals surface area contributed by atoms with Gasteiger partial charge in [0.05, 0.1) is 0 Å². The first-order chi connectivity index (χ1) is 11.8. The SMILES string of the molecule is CSCc1cccc(SC)c1B1c2ccccc2-c2ccccc21. The summed E-state index contributed by atoms with van der Waals surface area (Å²) >= 11 is 3.76. The van der Waals surface area contributed by atoms with E-state index >= 15 is 0 Å². The molecule has 0 N–H and O–H groups in total. The summed E-state index contributed by atoms with van der Waals surface area (Å²) in [6.07, 6.45) is 4.38. The lowest BCUT2D eigenvalue weighted by atomic mass is 9.38. The number of benzene rings is 3. The van der Waals surface area contributed by atoms with Gasteiger partial charge in [0.2, 0.25) is 6.71 Å². The molecule has 118 valence electrons. The Kier molecular flexibility index (Phi) is 4.47. The van der Waals surface area contributed by atoms with Crippen LogP contribution < -0.4 is 16.4 Å². The lowest BCUT2D eigenvalue weighted by molar-refractivity contribution is 1.38. The molecule has 1 aliphatic heterocycles. The van der Waals surface area contributed by atoms with Crippen LogP contribution in [0.4, 0.5) is 0 Å². The molecule has 3 aromatic rings. The Hall–Kier alpha value is -1.58. The lowest BCUT2D eigenvalue weighted by Gasteiger charge is -2.19. The van der Waals surface area contributed by atoms with E-state index in [4.69, 9.17) is 0 Å². The molecule has 0 radical (unpaired) electrons.